The van der Waals surface area contributed by atoms with Gasteiger partial charge in [-0.3, -0.25) is 9.69 Å². The fourth-order valence-electron chi connectivity index (χ4n) is 4.49. The second kappa shape index (κ2) is 7.12. The molecule has 0 bridgehead atoms. The quantitative estimate of drug-likeness (QED) is 0.920. The Kier molecular flexibility index (Phi) is 4.68. The van der Waals surface area contributed by atoms with Crippen molar-refractivity contribution in [3.8, 4) is 5.75 Å². The number of piperidine rings is 1. The molecule has 136 valence electrons. The van der Waals surface area contributed by atoms with E-state index in [1.165, 1.54) is 11.1 Å². The summed E-state index contributed by atoms with van der Waals surface area (Å²) in [6, 6.07) is 18.8. The lowest BCUT2D eigenvalue weighted by Gasteiger charge is -2.43. The van der Waals surface area contributed by atoms with Gasteiger partial charge in [0.25, 0.3) is 0 Å². The lowest BCUT2D eigenvalue weighted by molar-refractivity contribution is -0.120. The Morgan fingerprint density at radius 1 is 1.08 bits per heavy atom. The van der Waals surface area contributed by atoms with Crippen LogP contribution in [0.2, 0.25) is 0 Å². The second-order valence-electron chi connectivity index (χ2n) is 7.50. The van der Waals surface area contributed by atoms with Crippen LogP contribution in [-0.4, -0.2) is 36.5 Å². The number of hydrogen-bond acceptors (Lipinski definition) is 3. The number of amides is 1. The molecule has 1 N–H and O–H groups in total. The first kappa shape index (κ1) is 17.1. The molecule has 1 amide bonds. The molecule has 2 fully saturated rings. The van der Waals surface area contributed by atoms with Gasteiger partial charge in [-0.1, -0.05) is 42.5 Å². The third-order valence-electron chi connectivity index (χ3n) is 5.96. The van der Waals surface area contributed by atoms with Crippen LogP contribution < -0.4 is 10.1 Å². The van der Waals surface area contributed by atoms with Gasteiger partial charge in [0.05, 0.1) is 7.11 Å². The van der Waals surface area contributed by atoms with Crippen LogP contribution in [0.15, 0.2) is 54.6 Å². The molecule has 2 aromatic rings. The van der Waals surface area contributed by atoms with E-state index >= 15 is 0 Å². The number of benzene rings is 2. The molecule has 1 spiro atoms. The molecule has 0 aromatic heterocycles. The summed E-state index contributed by atoms with van der Waals surface area (Å²) in [5.41, 5.74) is 2.51. The van der Waals surface area contributed by atoms with E-state index in [4.69, 9.17) is 4.74 Å². The summed E-state index contributed by atoms with van der Waals surface area (Å²) in [5, 5.41) is 3.34. The van der Waals surface area contributed by atoms with Crippen LogP contribution in [0.5, 0.6) is 5.75 Å². The molecule has 4 rings (SSSR count). The van der Waals surface area contributed by atoms with Gasteiger partial charge in [-0.25, -0.2) is 0 Å². The van der Waals surface area contributed by atoms with Crippen LogP contribution in [0.4, 0.5) is 0 Å². The summed E-state index contributed by atoms with van der Waals surface area (Å²) >= 11 is 0. The van der Waals surface area contributed by atoms with Gasteiger partial charge in [0.15, 0.2) is 0 Å². The minimum Gasteiger partial charge on any atom is -0.497 e. The molecule has 0 unspecified atom stereocenters. The van der Waals surface area contributed by atoms with Crippen molar-refractivity contribution in [2.75, 3.05) is 20.2 Å². The third-order valence-corrected chi connectivity index (χ3v) is 5.96. The molecule has 26 heavy (non-hydrogen) atoms. The highest BCUT2D eigenvalue weighted by Crippen LogP contribution is 2.43. The first-order valence-corrected chi connectivity index (χ1v) is 9.40. The highest BCUT2D eigenvalue weighted by Gasteiger charge is 2.48. The van der Waals surface area contributed by atoms with Gasteiger partial charge in [0, 0.05) is 37.5 Å². The Hall–Kier alpha value is -2.33. The standard InChI is InChI=1S/C22H26N2O2/c1-26-19-9-7-17(8-10-19)16-24-13-11-22(12-14-24)20(15-21(25)23-22)18-5-3-2-4-6-18/h2-10,20H,11-16H2,1H3,(H,23,25)/t20-/m0/s1. The van der Waals surface area contributed by atoms with Gasteiger partial charge in [-0.05, 0) is 36.1 Å². The van der Waals surface area contributed by atoms with E-state index < -0.39 is 0 Å². The normalized spacial score (nSPS) is 22.3. The van der Waals surface area contributed by atoms with Crippen molar-refractivity contribution in [2.24, 2.45) is 0 Å². The highest BCUT2D eigenvalue weighted by atomic mass is 16.5. The number of hydrogen-bond donors (Lipinski definition) is 1. The summed E-state index contributed by atoms with van der Waals surface area (Å²) in [7, 11) is 1.69. The molecule has 2 saturated heterocycles. The molecule has 0 radical (unpaired) electrons. The first-order chi connectivity index (χ1) is 12.7. The van der Waals surface area contributed by atoms with Crippen molar-refractivity contribution < 1.29 is 9.53 Å². The zero-order valence-electron chi connectivity index (χ0n) is 15.3. The minimum atomic E-state index is -0.0746. The average Bonchev–Trinajstić information content (AvgIpc) is 3.01. The van der Waals surface area contributed by atoms with Crippen molar-refractivity contribution in [1.82, 2.24) is 10.2 Å². The fraction of sp³-hybridized carbons (Fsp3) is 0.409. The Labute approximate surface area is 155 Å². The molecule has 4 nitrogen and oxygen atoms in total. The summed E-state index contributed by atoms with van der Waals surface area (Å²) in [4.78, 5) is 14.7. The van der Waals surface area contributed by atoms with Crippen LogP contribution >= 0.6 is 0 Å². The number of methoxy groups -OCH3 is 1. The van der Waals surface area contributed by atoms with Crippen molar-refractivity contribution in [3.63, 3.8) is 0 Å². The van der Waals surface area contributed by atoms with Crippen LogP contribution in [-0.2, 0) is 11.3 Å². The van der Waals surface area contributed by atoms with E-state index in [1.807, 2.05) is 18.2 Å². The minimum absolute atomic E-state index is 0.0746. The van der Waals surface area contributed by atoms with E-state index in [1.54, 1.807) is 7.11 Å². The average molecular weight is 350 g/mol. The maximum atomic E-state index is 12.2. The molecule has 2 aliphatic rings. The second-order valence-corrected chi connectivity index (χ2v) is 7.50. The monoisotopic (exact) mass is 350 g/mol. The molecular formula is C22H26N2O2. The number of rotatable bonds is 4. The van der Waals surface area contributed by atoms with Gasteiger partial charge in [0.2, 0.25) is 5.91 Å². The first-order valence-electron chi connectivity index (χ1n) is 9.40. The van der Waals surface area contributed by atoms with Gasteiger partial charge >= 0.3 is 0 Å². The number of carbonyl (C=O) groups excluding carboxylic acids is 1. The maximum Gasteiger partial charge on any atom is 0.221 e. The van der Waals surface area contributed by atoms with E-state index in [9.17, 15) is 4.79 Å². The SMILES string of the molecule is COc1ccc(CN2CCC3(CC2)NC(=O)C[C@H]3c2ccccc2)cc1. The van der Waals surface area contributed by atoms with Gasteiger partial charge < -0.3 is 10.1 Å². The number of nitrogens with one attached hydrogen (secondary N) is 1. The molecule has 0 saturated carbocycles. The number of nitrogens with zero attached hydrogens (tertiary/aromatic N) is 1. The summed E-state index contributed by atoms with van der Waals surface area (Å²) < 4.78 is 5.23. The Balaban J connectivity index is 1.43. The fourth-order valence-corrected chi connectivity index (χ4v) is 4.49. The highest BCUT2D eigenvalue weighted by molar-refractivity contribution is 5.81. The van der Waals surface area contributed by atoms with Gasteiger partial charge in [-0.15, -0.1) is 0 Å². The lowest BCUT2D eigenvalue weighted by Crippen LogP contribution is -2.53. The van der Waals surface area contributed by atoms with Crippen molar-refractivity contribution in [3.05, 3.63) is 65.7 Å². The number of likely N-dealkylation sites (tertiary alicyclic amines) is 1. The predicted octanol–water partition coefficient (Wildman–Crippen LogP) is 3.33. The smallest absolute Gasteiger partial charge is 0.221 e. The summed E-state index contributed by atoms with van der Waals surface area (Å²) in [6.45, 7) is 2.97. The molecule has 1 atom stereocenters. The summed E-state index contributed by atoms with van der Waals surface area (Å²) in [5.74, 6) is 1.38. The Bertz CT molecular complexity index is 749. The lowest BCUT2D eigenvalue weighted by atomic mass is 9.74. The van der Waals surface area contributed by atoms with Crippen LogP contribution in [0.3, 0.4) is 0 Å². The van der Waals surface area contributed by atoms with Crippen LogP contribution in [0, 0.1) is 0 Å². The predicted molar refractivity (Wildman–Crippen MR) is 102 cm³/mol. The largest absolute Gasteiger partial charge is 0.497 e. The molecular weight excluding hydrogens is 324 g/mol. The number of ether oxygens (including phenoxy) is 1. The molecule has 0 aliphatic carbocycles. The van der Waals surface area contributed by atoms with E-state index in [0.717, 1.165) is 38.2 Å². The van der Waals surface area contributed by atoms with Crippen molar-refractivity contribution >= 4 is 5.91 Å². The van der Waals surface area contributed by atoms with Crippen molar-refractivity contribution in [2.45, 2.75) is 37.3 Å². The van der Waals surface area contributed by atoms with Crippen LogP contribution in [0.1, 0.15) is 36.3 Å². The Morgan fingerprint density at radius 2 is 1.77 bits per heavy atom. The zero-order valence-corrected chi connectivity index (χ0v) is 15.3. The molecule has 2 aromatic carbocycles. The zero-order chi connectivity index (χ0) is 18.0. The topological polar surface area (TPSA) is 41.6 Å². The van der Waals surface area contributed by atoms with E-state index in [2.05, 4.69) is 46.6 Å². The van der Waals surface area contributed by atoms with Crippen LogP contribution in [0.25, 0.3) is 0 Å². The van der Waals surface area contributed by atoms with E-state index in [0.29, 0.717) is 12.3 Å². The van der Waals surface area contributed by atoms with E-state index in [-0.39, 0.29) is 11.4 Å². The molecule has 2 aliphatic heterocycles. The molecule has 2 heterocycles. The maximum absolute atomic E-state index is 12.2. The van der Waals surface area contributed by atoms with Gasteiger partial charge in [-0.2, -0.15) is 0 Å². The Morgan fingerprint density at radius 3 is 2.42 bits per heavy atom. The van der Waals surface area contributed by atoms with Crippen molar-refractivity contribution in [1.29, 1.82) is 0 Å². The number of carbonyl (C=O) groups is 1. The summed E-state index contributed by atoms with van der Waals surface area (Å²) in [6.07, 6.45) is 2.63. The third kappa shape index (κ3) is 3.34. The molecule has 4 heteroatoms. The van der Waals surface area contributed by atoms with Gasteiger partial charge in [0.1, 0.15) is 5.75 Å².